The molecule has 0 bridgehead atoms. The predicted molar refractivity (Wildman–Crippen MR) is 108 cm³/mol. The standard InChI is InChI=1S/C18H17ClN4O2S2/c1-17(10-27(24,25)18(4-3-5-18)16(20)23-17)15-13(19)7-14(26-15)11-6-12(21-2)9-22-8-11/h6-9H,3-5,10H2,1H3,(H2,20,23)/t17-/m0/s1. The maximum Gasteiger partial charge on any atom is 0.205 e. The Hall–Kier alpha value is -1.95. The number of nitrogens with zero attached hydrogens (tertiary/aromatic N) is 3. The van der Waals surface area contributed by atoms with Crippen molar-refractivity contribution in [2.75, 3.05) is 5.75 Å². The van der Waals surface area contributed by atoms with Gasteiger partial charge in [0, 0.05) is 17.3 Å². The second-order valence-corrected chi connectivity index (χ2v) is 11.0. The Morgan fingerprint density at radius 1 is 1.33 bits per heavy atom. The summed E-state index contributed by atoms with van der Waals surface area (Å²) in [5.41, 5.74) is 6.33. The van der Waals surface area contributed by atoms with Crippen LogP contribution in [0.1, 0.15) is 31.1 Å². The van der Waals surface area contributed by atoms with E-state index in [0.29, 0.717) is 28.4 Å². The monoisotopic (exact) mass is 420 g/mol. The molecule has 2 aromatic rings. The highest BCUT2D eigenvalue weighted by molar-refractivity contribution is 7.93. The zero-order valence-electron chi connectivity index (χ0n) is 14.6. The maximum atomic E-state index is 13.0. The number of hydrogen-bond donors (Lipinski definition) is 1. The molecule has 1 aliphatic carbocycles. The zero-order valence-corrected chi connectivity index (χ0v) is 17.0. The Morgan fingerprint density at radius 3 is 2.67 bits per heavy atom. The fraction of sp³-hybridized carbons (Fsp3) is 0.389. The van der Waals surface area contributed by atoms with Gasteiger partial charge in [0.25, 0.3) is 0 Å². The molecule has 1 fully saturated rings. The molecule has 3 heterocycles. The van der Waals surface area contributed by atoms with Crippen LogP contribution in [0.15, 0.2) is 29.5 Å². The lowest BCUT2D eigenvalue weighted by Crippen LogP contribution is -2.61. The lowest BCUT2D eigenvalue weighted by atomic mass is 9.82. The van der Waals surface area contributed by atoms with Gasteiger partial charge in [0.15, 0.2) is 9.84 Å². The summed E-state index contributed by atoms with van der Waals surface area (Å²) in [6, 6.07) is 3.50. The number of rotatable bonds is 2. The first-order chi connectivity index (χ1) is 12.7. The van der Waals surface area contributed by atoms with Crippen LogP contribution in [0.25, 0.3) is 15.3 Å². The van der Waals surface area contributed by atoms with E-state index in [1.807, 2.05) is 0 Å². The summed E-state index contributed by atoms with van der Waals surface area (Å²) in [6.07, 6.45) is 5.07. The van der Waals surface area contributed by atoms with Gasteiger partial charge in [0.05, 0.1) is 22.2 Å². The Bertz CT molecular complexity index is 1110. The largest absolute Gasteiger partial charge is 0.386 e. The van der Waals surface area contributed by atoms with Crippen LogP contribution in [0.2, 0.25) is 5.02 Å². The number of hydrogen-bond acceptors (Lipinski definition) is 6. The first kappa shape index (κ1) is 18.4. The predicted octanol–water partition coefficient (Wildman–Crippen LogP) is 3.94. The molecule has 0 unspecified atom stereocenters. The van der Waals surface area contributed by atoms with Crippen molar-refractivity contribution >= 4 is 44.3 Å². The molecule has 0 radical (unpaired) electrons. The minimum atomic E-state index is -3.43. The zero-order chi connectivity index (χ0) is 19.4. The van der Waals surface area contributed by atoms with Crippen LogP contribution >= 0.6 is 22.9 Å². The second kappa shape index (κ2) is 6.03. The van der Waals surface area contributed by atoms with Crippen LogP contribution in [0, 0.1) is 6.57 Å². The van der Waals surface area contributed by atoms with Gasteiger partial charge in [-0.15, -0.1) is 11.3 Å². The molecule has 1 aliphatic heterocycles. The Labute approximate surface area is 166 Å². The highest BCUT2D eigenvalue weighted by atomic mass is 35.5. The average Bonchev–Trinajstić information content (AvgIpc) is 2.94. The summed E-state index contributed by atoms with van der Waals surface area (Å²) in [5.74, 6) is 0.0888. The molecule has 4 rings (SSSR count). The van der Waals surface area contributed by atoms with Crippen LogP contribution in [0.5, 0.6) is 0 Å². The van der Waals surface area contributed by atoms with E-state index in [-0.39, 0.29) is 11.6 Å². The van der Waals surface area contributed by atoms with Gasteiger partial charge in [0.1, 0.15) is 16.1 Å². The van der Waals surface area contributed by atoms with Crippen LogP contribution < -0.4 is 5.73 Å². The van der Waals surface area contributed by atoms with Gasteiger partial charge < -0.3 is 5.73 Å². The number of amidine groups is 1. The number of sulfone groups is 1. The van der Waals surface area contributed by atoms with Crippen molar-refractivity contribution < 1.29 is 8.42 Å². The van der Waals surface area contributed by atoms with Crippen molar-refractivity contribution in [2.45, 2.75) is 36.5 Å². The quantitative estimate of drug-likeness (QED) is 0.745. The van der Waals surface area contributed by atoms with E-state index in [2.05, 4.69) is 14.8 Å². The first-order valence-electron chi connectivity index (χ1n) is 8.42. The number of pyridine rings is 1. The molecule has 1 saturated carbocycles. The highest BCUT2D eigenvalue weighted by Gasteiger charge is 2.58. The molecule has 140 valence electrons. The summed E-state index contributed by atoms with van der Waals surface area (Å²) in [6.45, 7) is 8.89. The van der Waals surface area contributed by atoms with Crippen molar-refractivity contribution in [3.8, 4) is 10.4 Å². The van der Waals surface area contributed by atoms with E-state index in [9.17, 15) is 8.42 Å². The summed E-state index contributed by atoms with van der Waals surface area (Å²) in [4.78, 5) is 13.6. The Balaban J connectivity index is 1.80. The minimum Gasteiger partial charge on any atom is -0.386 e. The molecule has 9 heteroatoms. The van der Waals surface area contributed by atoms with Gasteiger partial charge in [-0.1, -0.05) is 11.6 Å². The van der Waals surface area contributed by atoms with Gasteiger partial charge >= 0.3 is 0 Å². The molecule has 0 amide bonds. The summed E-state index contributed by atoms with van der Waals surface area (Å²) in [7, 11) is -3.43. The van der Waals surface area contributed by atoms with Gasteiger partial charge in [-0.2, -0.15) is 0 Å². The number of halogens is 1. The molecular weight excluding hydrogens is 404 g/mol. The average molecular weight is 421 g/mol. The molecule has 0 saturated heterocycles. The molecule has 0 aromatic carbocycles. The van der Waals surface area contributed by atoms with Crippen molar-refractivity contribution in [1.82, 2.24) is 4.98 Å². The van der Waals surface area contributed by atoms with Crippen molar-refractivity contribution in [2.24, 2.45) is 10.7 Å². The molecule has 6 nitrogen and oxygen atoms in total. The van der Waals surface area contributed by atoms with Gasteiger partial charge in [-0.25, -0.2) is 13.3 Å². The maximum absolute atomic E-state index is 13.0. The lowest BCUT2D eigenvalue weighted by molar-refractivity contribution is 0.393. The topological polar surface area (TPSA) is 89.8 Å². The highest BCUT2D eigenvalue weighted by Crippen LogP contribution is 2.50. The van der Waals surface area contributed by atoms with E-state index in [1.165, 1.54) is 17.5 Å². The molecule has 2 aromatic heterocycles. The fourth-order valence-corrected chi connectivity index (χ4v) is 7.96. The molecule has 2 aliphatic rings. The van der Waals surface area contributed by atoms with E-state index in [1.54, 1.807) is 25.3 Å². The van der Waals surface area contributed by atoms with E-state index >= 15 is 0 Å². The van der Waals surface area contributed by atoms with Crippen LogP contribution in [-0.4, -0.2) is 29.7 Å². The summed E-state index contributed by atoms with van der Waals surface area (Å²) >= 11 is 7.84. The smallest absolute Gasteiger partial charge is 0.205 e. The molecule has 1 atom stereocenters. The third-order valence-electron chi connectivity index (χ3n) is 5.38. The molecular formula is C18H17ClN4O2S2. The molecule has 2 N–H and O–H groups in total. The van der Waals surface area contributed by atoms with Crippen molar-refractivity contribution in [1.29, 1.82) is 0 Å². The van der Waals surface area contributed by atoms with Crippen molar-refractivity contribution in [3.05, 3.63) is 45.8 Å². The summed E-state index contributed by atoms with van der Waals surface area (Å²) in [5, 5.41) is 0.446. The van der Waals surface area contributed by atoms with Gasteiger partial charge in [0.2, 0.25) is 5.69 Å². The third kappa shape index (κ3) is 2.68. The molecule has 1 spiro atoms. The number of aliphatic imine (C=N–C) groups is 1. The van der Waals surface area contributed by atoms with E-state index in [4.69, 9.17) is 23.9 Å². The number of nitrogens with two attached hydrogens (primary N) is 1. The fourth-order valence-electron chi connectivity index (χ4n) is 3.75. The Morgan fingerprint density at radius 2 is 2.07 bits per heavy atom. The minimum absolute atomic E-state index is 0.110. The first-order valence-corrected chi connectivity index (χ1v) is 11.3. The number of aromatic nitrogens is 1. The van der Waals surface area contributed by atoms with Crippen LogP contribution in [-0.2, 0) is 15.4 Å². The summed E-state index contributed by atoms with van der Waals surface area (Å²) < 4.78 is 25.0. The number of thiophene rings is 1. The van der Waals surface area contributed by atoms with E-state index < -0.39 is 20.1 Å². The second-order valence-electron chi connectivity index (χ2n) is 7.21. The van der Waals surface area contributed by atoms with Gasteiger partial charge in [-0.3, -0.25) is 9.98 Å². The van der Waals surface area contributed by atoms with Crippen LogP contribution in [0.3, 0.4) is 0 Å². The normalized spacial score (nSPS) is 25.4. The van der Waals surface area contributed by atoms with E-state index in [0.717, 1.165) is 16.9 Å². The van der Waals surface area contributed by atoms with Crippen LogP contribution in [0.4, 0.5) is 5.69 Å². The lowest BCUT2D eigenvalue weighted by Gasteiger charge is -2.46. The SMILES string of the molecule is [C-]#[N+]c1cncc(-c2cc(Cl)c([C@]3(C)CS(=O)(=O)C4(CCC4)C(N)=N3)s2)c1. The third-order valence-corrected chi connectivity index (χ3v) is 9.97. The molecule has 27 heavy (non-hydrogen) atoms. The van der Waals surface area contributed by atoms with Gasteiger partial charge in [-0.05, 0) is 43.9 Å². The Kier molecular flexibility index (Phi) is 4.11. The van der Waals surface area contributed by atoms with Crippen molar-refractivity contribution in [3.63, 3.8) is 0 Å².